The molecule has 2 unspecified atom stereocenters. The molecular formula is C20H16Cl2N2O4. The maximum atomic E-state index is 12.3. The zero-order valence-corrected chi connectivity index (χ0v) is 16.3. The first-order valence-corrected chi connectivity index (χ1v) is 9.45. The van der Waals surface area contributed by atoms with Crippen molar-refractivity contribution in [2.24, 2.45) is 5.92 Å². The number of carbonyl (C=O) groups excluding carboxylic acids is 1. The lowest BCUT2D eigenvalue weighted by Gasteiger charge is -2.38. The third-order valence-electron chi connectivity index (χ3n) is 5.40. The highest BCUT2D eigenvalue weighted by Crippen LogP contribution is 2.53. The minimum Gasteiger partial charge on any atom is -0.465 e. The number of halogens is 2. The van der Waals surface area contributed by atoms with E-state index in [1.54, 1.807) is 18.2 Å². The Morgan fingerprint density at radius 3 is 2.71 bits per heavy atom. The van der Waals surface area contributed by atoms with E-state index in [0.29, 0.717) is 16.3 Å². The number of hydrogen-bond donors (Lipinski definition) is 1. The van der Waals surface area contributed by atoms with Gasteiger partial charge in [0, 0.05) is 12.0 Å². The van der Waals surface area contributed by atoms with Crippen LogP contribution < -0.4 is 5.32 Å². The number of hydrogen-bond acceptors (Lipinski definition) is 5. The van der Waals surface area contributed by atoms with Crippen molar-refractivity contribution >= 4 is 40.5 Å². The number of carbonyl (C=O) groups is 1. The Morgan fingerprint density at radius 1 is 1.25 bits per heavy atom. The molecule has 3 atom stereocenters. The van der Waals surface area contributed by atoms with Crippen LogP contribution in [0.1, 0.15) is 39.9 Å². The molecule has 0 spiro atoms. The number of fused-ring (bicyclic) bond motifs is 3. The van der Waals surface area contributed by atoms with Gasteiger partial charge in [-0.15, -0.1) is 0 Å². The van der Waals surface area contributed by atoms with Crippen LogP contribution in [0.15, 0.2) is 42.5 Å². The summed E-state index contributed by atoms with van der Waals surface area (Å²) in [6, 6.07) is 7.93. The number of nitro benzene ring substituents is 1. The van der Waals surface area contributed by atoms with Crippen molar-refractivity contribution in [1.29, 1.82) is 0 Å². The molecule has 0 fully saturated rings. The standard InChI is InChI=1S/C20H16Cl2N2O4/c1-28-20(25)13-6-8-15(22)19-17(13)11-3-2-4-12(11)18(23-19)10-5-7-14(21)16(9-10)24(26)27/h2-3,5-9,11-12,18,23H,4H2,1H3/t11?,12?,18-/m1/s1. The molecule has 0 bridgehead atoms. The smallest absolute Gasteiger partial charge is 0.338 e. The fraction of sp³-hybridized carbons (Fsp3) is 0.250. The van der Waals surface area contributed by atoms with E-state index in [0.717, 1.165) is 17.5 Å². The Bertz CT molecular complexity index is 1020. The predicted molar refractivity (Wildman–Crippen MR) is 107 cm³/mol. The Balaban J connectivity index is 1.85. The zero-order chi connectivity index (χ0) is 20.0. The summed E-state index contributed by atoms with van der Waals surface area (Å²) in [4.78, 5) is 23.1. The van der Waals surface area contributed by atoms with E-state index in [-0.39, 0.29) is 28.6 Å². The summed E-state index contributed by atoms with van der Waals surface area (Å²) < 4.78 is 4.93. The lowest BCUT2D eigenvalue weighted by Crippen LogP contribution is -2.30. The third-order valence-corrected chi connectivity index (χ3v) is 6.03. The molecule has 0 saturated heterocycles. The maximum absolute atomic E-state index is 12.3. The number of nitro groups is 1. The van der Waals surface area contributed by atoms with Gasteiger partial charge in [-0.05, 0) is 41.7 Å². The summed E-state index contributed by atoms with van der Waals surface area (Å²) in [5.41, 5.74) is 2.54. The molecule has 28 heavy (non-hydrogen) atoms. The fourth-order valence-corrected chi connectivity index (χ4v) is 4.56. The molecule has 2 aromatic carbocycles. The van der Waals surface area contributed by atoms with Gasteiger partial charge in [-0.25, -0.2) is 4.79 Å². The molecule has 6 nitrogen and oxygen atoms in total. The Kier molecular flexibility index (Phi) is 4.77. The van der Waals surface area contributed by atoms with Gasteiger partial charge in [0.2, 0.25) is 0 Å². The number of esters is 1. The number of methoxy groups -OCH3 is 1. The normalized spacial score (nSPS) is 22.2. The second-order valence-corrected chi connectivity index (χ2v) is 7.63. The van der Waals surface area contributed by atoms with Gasteiger partial charge in [0.05, 0.1) is 34.3 Å². The van der Waals surface area contributed by atoms with E-state index in [1.165, 1.54) is 19.2 Å². The summed E-state index contributed by atoms with van der Waals surface area (Å²) in [6.07, 6.45) is 4.89. The number of rotatable bonds is 3. The van der Waals surface area contributed by atoms with Crippen molar-refractivity contribution in [3.63, 3.8) is 0 Å². The number of nitrogens with one attached hydrogen (secondary N) is 1. The van der Waals surface area contributed by atoms with Crippen LogP contribution in [0, 0.1) is 16.0 Å². The van der Waals surface area contributed by atoms with Crippen LogP contribution in [0.2, 0.25) is 10.0 Å². The lowest BCUT2D eigenvalue weighted by atomic mass is 9.75. The molecule has 0 amide bonds. The Hall–Kier alpha value is -2.57. The number of nitrogens with zero attached hydrogens (tertiary/aromatic N) is 1. The largest absolute Gasteiger partial charge is 0.465 e. The third kappa shape index (κ3) is 2.93. The molecule has 0 aromatic heterocycles. The van der Waals surface area contributed by atoms with Crippen LogP contribution in [-0.2, 0) is 4.74 Å². The summed E-state index contributed by atoms with van der Waals surface area (Å²) >= 11 is 12.4. The van der Waals surface area contributed by atoms with Crippen molar-refractivity contribution in [2.45, 2.75) is 18.4 Å². The molecule has 144 valence electrons. The summed E-state index contributed by atoms with van der Waals surface area (Å²) in [6.45, 7) is 0. The van der Waals surface area contributed by atoms with Crippen LogP contribution in [0.25, 0.3) is 0 Å². The van der Waals surface area contributed by atoms with Crippen LogP contribution >= 0.6 is 23.2 Å². The highest BCUT2D eigenvalue weighted by molar-refractivity contribution is 6.33. The van der Waals surface area contributed by atoms with Gasteiger partial charge in [-0.1, -0.05) is 41.4 Å². The minimum atomic E-state index is -0.491. The fourth-order valence-electron chi connectivity index (χ4n) is 4.16. The monoisotopic (exact) mass is 418 g/mol. The Morgan fingerprint density at radius 2 is 2.00 bits per heavy atom. The number of benzene rings is 2. The molecule has 1 heterocycles. The van der Waals surface area contributed by atoms with Crippen molar-refractivity contribution in [3.05, 3.63) is 79.3 Å². The van der Waals surface area contributed by atoms with Gasteiger partial charge in [-0.2, -0.15) is 0 Å². The lowest BCUT2D eigenvalue weighted by molar-refractivity contribution is -0.384. The first-order chi connectivity index (χ1) is 13.4. The van der Waals surface area contributed by atoms with Crippen LogP contribution in [0.4, 0.5) is 11.4 Å². The van der Waals surface area contributed by atoms with Crippen LogP contribution in [0.3, 0.4) is 0 Å². The van der Waals surface area contributed by atoms with E-state index < -0.39 is 10.9 Å². The molecule has 0 saturated carbocycles. The molecular weight excluding hydrogens is 403 g/mol. The quantitative estimate of drug-likeness (QED) is 0.307. The van der Waals surface area contributed by atoms with E-state index in [2.05, 4.69) is 17.5 Å². The SMILES string of the molecule is COC(=O)c1ccc(Cl)c2c1C1C=CCC1[C@@H](c1ccc(Cl)c([N+](=O)[O-])c1)N2. The Labute approximate surface area is 171 Å². The van der Waals surface area contributed by atoms with Gasteiger partial charge in [0.1, 0.15) is 5.02 Å². The molecule has 8 heteroatoms. The molecule has 1 N–H and O–H groups in total. The van der Waals surface area contributed by atoms with Gasteiger partial charge < -0.3 is 10.1 Å². The molecule has 1 aliphatic heterocycles. The van der Waals surface area contributed by atoms with Crippen molar-refractivity contribution in [2.75, 3.05) is 12.4 Å². The average molecular weight is 419 g/mol. The second-order valence-electron chi connectivity index (χ2n) is 6.82. The first-order valence-electron chi connectivity index (χ1n) is 8.70. The van der Waals surface area contributed by atoms with Gasteiger partial charge in [0.15, 0.2) is 0 Å². The zero-order valence-electron chi connectivity index (χ0n) is 14.8. The van der Waals surface area contributed by atoms with E-state index in [4.69, 9.17) is 27.9 Å². The van der Waals surface area contributed by atoms with Gasteiger partial charge in [-0.3, -0.25) is 10.1 Å². The highest BCUT2D eigenvalue weighted by Gasteiger charge is 2.41. The van der Waals surface area contributed by atoms with E-state index in [9.17, 15) is 14.9 Å². The van der Waals surface area contributed by atoms with Crippen LogP contribution in [0.5, 0.6) is 0 Å². The van der Waals surface area contributed by atoms with Crippen molar-refractivity contribution in [1.82, 2.24) is 0 Å². The first kappa shape index (κ1) is 18.8. The predicted octanol–water partition coefficient (Wildman–Crippen LogP) is 5.51. The van der Waals surface area contributed by atoms with Crippen LogP contribution in [-0.4, -0.2) is 18.0 Å². The maximum Gasteiger partial charge on any atom is 0.338 e. The topological polar surface area (TPSA) is 81.5 Å². The summed E-state index contributed by atoms with van der Waals surface area (Å²) in [5, 5.41) is 15.3. The summed E-state index contributed by atoms with van der Waals surface area (Å²) in [5.74, 6) is -0.395. The van der Waals surface area contributed by atoms with Crippen molar-refractivity contribution in [3.8, 4) is 0 Å². The number of anilines is 1. The van der Waals surface area contributed by atoms with E-state index in [1.807, 2.05) is 0 Å². The number of allylic oxidation sites excluding steroid dienone is 2. The summed E-state index contributed by atoms with van der Waals surface area (Å²) in [7, 11) is 1.34. The molecule has 2 aliphatic rings. The second kappa shape index (κ2) is 7.11. The average Bonchev–Trinajstić information content (AvgIpc) is 3.17. The molecule has 1 aliphatic carbocycles. The van der Waals surface area contributed by atoms with Gasteiger partial charge in [0.25, 0.3) is 5.69 Å². The molecule has 0 radical (unpaired) electrons. The highest BCUT2D eigenvalue weighted by atomic mass is 35.5. The molecule has 4 rings (SSSR count). The van der Waals surface area contributed by atoms with Crippen molar-refractivity contribution < 1.29 is 14.5 Å². The number of ether oxygens (including phenoxy) is 1. The van der Waals surface area contributed by atoms with Gasteiger partial charge >= 0.3 is 5.97 Å². The minimum absolute atomic E-state index is 0.0521. The molecule has 2 aromatic rings. The van der Waals surface area contributed by atoms with E-state index >= 15 is 0 Å².